The van der Waals surface area contributed by atoms with E-state index in [1.54, 1.807) is 24.4 Å². The monoisotopic (exact) mass is 401 g/mol. The topological polar surface area (TPSA) is 62.7 Å². The van der Waals surface area contributed by atoms with Gasteiger partial charge in [-0.1, -0.05) is 19.1 Å². The first-order chi connectivity index (χ1) is 13.8. The van der Waals surface area contributed by atoms with Gasteiger partial charge in [0.1, 0.15) is 5.82 Å². The average molecular weight is 401 g/mol. The van der Waals surface area contributed by atoms with E-state index >= 15 is 0 Å². The Morgan fingerprint density at radius 3 is 2.48 bits per heavy atom. The van der Waals surface area contributed by atoms with Gasteiger partial charge in [0, 0.05) is 24.0 Å². The third kappa shape index (κ3) is 5.01. The highest BCUT2D eigenvalue weighted by atomic mass is 19.4. The van der Waals surface area contributed by atoms with Crippen molar-refractivity contribution < 1.29 is 13.2 Å². The first-order valence-corrected chi connectivity index (χ1v) is 9.28. The van der Waals surface area contributed by atoms with Gasteiger partial charge in [0.05, 0.1) is 17.0 Å². The number of pyridine rings is 1. The summed E-state index contributed by atoms with van der Waals surface area (Å²) in [6.07, 6.45) is -1.90. The Labute approximate surface area is 167 Å². The molecule has 1 atom stereocenters. The summed E-state index contributed by atoms with van der Waals surface area (Å²) in [5.74, 6) is 0.767. The van der Waals surface area contributed by atoms with Crippen molar-refractivity contribution in [2.75, 3.05) is 10.6 Å². The first kappa shape index (κ1) is 20.6. The molecule has 152 valence electrons. The van der Waals surface area contributed by atoms with Gasteiger partial charge in [-0.3, -0.25) is 4.98 Å². The summed E-state index contributed by atoms with van der Waals surface area (Å²) in [5.41, 5.74) is 0.971. The zero-order chi connectivity index (χ0) is 21.0. The zero-order valence-electron chi connectivity index (χ0n) is 16.4. The lowest BCUT2D eigenvalue weighted by Gasteiger charge is -2.17. The van der Waals surface area contributed by atoms with Crippen LogP contribution >= 0.6 is 0 Å². The predicted molar refractivity (Wildman–Crippen MR) is 108 cm³/mol. The number of hydrogen-bond donors (Lipinski definition) is 2. The van der Waals surface area contributed by atoms with Crippen LogP contribution in [0.3, 0.4) is 0 Å². The molecule has 0 saturated carbocycles. The van der Waals surface area contributed by atoms with Crippen LogP contribution in [-0.4, -0.2) is 21.0 Å². The Morgan fingerprint density at radius 1 is 1.03 bits per heavy atom. The normalized spacial score (nSPS) is 12.5. The molecule has 0 aliphatic rings. The van der Waals surface area contributed by atoms with Gasteiger partial charge < -0.3 is 10.6 Å². The lowest BCUT2D eigenvalue weighted by Crippen LogP contribution is -2.16. The van der Waals surface area contributed by atoms with Crippen molar-refractivity contribution >= 4 is 17.5 Å². The quantitative estimate of drug-likeness (QED) is 0.545. The van der Waals surface area contributed by atoms with E-state index in [-0.39, 0.29) is 11.6 Å². The molecule has 0 aliphatic heterocycles. The van der Waals surface area contributed by atoms with Gasteiger partial charge in [0.15, 0.2) is 0 Å². The summed E-state index contributed by atoms with van der Waals surface area (Å²) in [7, 11) is 0. The number of anilines is 3. The molecule has 0 aliphatic carbocycles. The van der Waals surface area contributed by atoms with E-state index in [9.17, 15) is 13.2 Å². The second-order valence-electron chi connectivity index (χ2n) is 6.73. The summed E-state index contributed by atoms with van der Waals surface area (Å²) in [5, 5.41) is 6.22. The molecule has 0 unspecified atom stereocenters. The average Bonchev–Trinajstić information content (AvgIpc) is 2.69. The van der Waals surface area contributed by atoms with Crippen LogP contribution in [0, 0.1) is 6.92 Å². The lowest BCUT2D eigenvalue weighted by atomic mass is 10.1. The molecule has 2 N–H and O–H groups in total. The van der Waals surface area contributed by atoms with Gasteiger partial charge in [-0.15, -0.1) is 0 Å². The van der Waals surface area contributed by atoms with Crippen LogP contribution in [-0.2, 0) is 6.18 Å². The largest absolute Gasteiger partial charge is 0.416 e. The number of nitrogens with zero attached hydrogens (tertiary/aromatic N) is 3. The molecule has 0 amide bonds. The van der Waals surface area contributed by atoms with Crippen LogP contribution in [0.1, 0.15) is 31.4 Å². The van der Waals surface area contributed by atoms with Crippen molar-refractivity contribution in [3.8, 4) is 11.4 Å². The third-order valence-electron chi connectivity index (χ3n) is 4.54. The second-order valence-corrected chi connectivity index (χ2v) is 6.73. The minimum absolute atomic E-state index is 0.106. The smallest absolute Gasteiger partial charge is 0.352 e. The fourth-order valence-electron chi connectivity index (χ4n) is 2.76. The molecule has 3 aromatic rings. The van der Waals surface area contributed by atoms with Crippen molar-refractivity contribution in [3.05, 3.63) is 59.8 Å². The number of halogens is 3. The van der Waals surface area contributed by atoms with E-state index in [4.69, 9.17) is 0 Å². The van der Waals surface area contributed by atoms with Crippen molar-refractivity contribution in [2.45, 2.75) is 39.4 Å². The van der Waals surface area contributed by atoms with E-state index in [2.05, 4.69) is 25.6 Å². The molecule has 0 saturated heterocycles. The molecule has 8 heteroatoms. The molecule has 0 radical (unpaired) electrons. The van der Waals surface area contributed by atoms with E-state index in [1.165, 1.54) is 13.0 Å². The SMILES string of the molecule is CC[C@H](C)Nc1nc(Nc2cccc(C(F)(F)F)c2C)cc(-c2ccccn2)n1. The molecule has 29 heavy (non-hydrogen) atoms. The third-order valence-corrected chi connectivity index (χ3v) is 4.54. The van der Waals surface area contributed by atoms with Crippen LogP contribution in [0.25, 0.3) is 11.4 Å². The van der Waals surface area contributed by atoms with Crippen LogP contribution in [0.2, 0.25) is 0 Å². The fourth-order valence-corrected chi connectivity index (χ4v) is 2.76. The van der Waals surface area contributed by atoms with Gasteiger partial charge in [-0.05, 0) is 50.1 Å². The van der Waals surface area contributed by atoms with Gasteiger partial charge in [-0.25, -0.2) is 4.98 Å². The molecular formula is C21H22F3N5. The maximum atomic E-state index is 13.2. The molecule has 0 spiro atoms. The van der Waals surface area contributed by atoms with Crippen molar-refractivity contribution in [1.82, 2.24) is 15.0 Å². The molecule has 0 fully saturated rings. The number of alkyl halides is 3. The standard InChI is InChI=1S/C21H22F3N5/c1-4-13(2)26-20-28-18(17-9-5-6-11-25-17)12-19(29-20)27-16-10-7-8-15(14(16)3)21(22,23)24/h5-13H,4H2,1-3H3,(H2,26,27,28,29)/t13-/m0/s1. The fraction of sp³-hybridized carbons (Fsp3) is 0.286. The Hall–Kier alpha value is -3.16. The minimum atomic E-state index is -4.42. The molecule has 3 rings (SSSR count). The van der Waals surface area contributed by atoms with E-state index in [0.717, 1.165) is 12.5 Å². The van der Waals surface area contributed by atoms with Crippen molar-refractivity contribution in [3.63, 3.8) is 0 Å². The molecule has 0 bridgehead atoms. The van der Waals surface area contributed by atoms with E-state index < -0.39 is 11.7 Å². The highest BCUT2D eigenvalue weighted by molar-refractivity contribution is 5.67. The van der Waals surface area contributed by atoms with E-state index in [1.807, 2.05) is 26.0 Å². The summed E-state index contributed by atoms with van der Waals surface area (Å²) < 4.78 is 39.7. The molecule has 2 aromatic heterocycles. The van der Waals surface area contributed by atoms with Crippen molar-refractivity contribution in [2.24, 2.45) is 0 Å². The lowest BCUT2D eigenvalue weighted by molar-refractivity contribution is -0.138. The Morgan fingerprint density at radius 2 is 1.83 bits per heavy atom. The maximum absolute atomic E-state index is 13.2. The minimum Gasteiger partial charge on any atom is -0.352 e. The maximum Gasteiger partial charge on any atom is 0.416 e. The summed E-state index contributed by atoms with van der Waals surface area (Å²) >= 11 is 0. The van der Waals surface area contributed by atoms with Gasteiger partial charge in [-0.2, -0.15) is 18.2 Å². The summed E-state index contributed by atoms with van der Waals surface area (Å²) in [4.78, 5) is 13.2. The van der Waals surface area contributed by atoms with Crippen LogP contribution in [0.5, 0.6) is 0 Å². The number of nitrogens with one attached hydrogen (secondary N) is 2. The molecule has 5 nitrogen and oxygen atoms in total. The van der Waals surface area contributed by atoms with Crippen molar-refractivity contribution in [1.29, 1.82) is 0 Å². The van der Waals surface area contributed by atoms with E-state index in [0.29, 0.717) is 28.8 Å². The van der Waals surface area contributed by atoms with Crippen LogP contribution < -0.4 is 10.6 Å². The van der Waals surface area contributed by atoms with Gasteiger partial charge in [0.25, 0.3) is 0 Å². The highest BCUT2D eigenvalue weighted by Crippen LogP contribution is 2.35. The Balaban J connectivity index is 2.02. The Kier molecular flexibility index (Phi) is 6.00. The summed E-state index contributed by atoms with van der Waals surface area (Å²) in [6, 6.07) is 11.3. The number of hydrogen-bond acceptors (Lipinski definition) is 5. The number of benzene rings is 1. The zero-order valence-corrected chi connectivity index (χ0v) is 16.4. The van der Waals surface area contributed by atoms with Crippen LogP contribution in [0.4, 0.5) is 30.6 Å². The van der Waals surface area contributed by atoms with Crippen LogP contribution in [0.15, 0.2) is 48.7 Å². The molecule has 1 aromatic carbocycles. The molecular weight excluding hydrogens is 379 g/mol. The van der Waals surface area contributed by atoms with Gasteiger partial charge in [0.2, 0.25) is 5.95 Å². The number of aromatic nitrogens is 3. The molecule has 2 heterocycles. The number of rotatable bonds is 6. The second kappa shape index (κ2) is 8.46. The Bertz CT molecular complexity index is 974. The summed E-state index contributed by atoms with van der Waals surface area (Å²) in [6.45, 7) is 5.47. The predicted octanol–water partition coefficient (Wildman–Crippen LogP) is 5.82. The highest BCUT2D eigenvalue weighted by Gasteiger charge is 2.32. The van der Waals surface area contributed by atoms with Gasteiger partial charge >= 0.3 is 6.18 Å². The first-order valence-electron chi connectivity index (χ1n) is 9.28.